The Kier molecular flexibility index (Phi) is 2.65. The molecule has 1 aromatic carbocycles. The van der Waals surface area contributed by atoms with Gasteiger partial charge in [-0.1, -0.05) is 17.7 Å². The molecule has 0 fully saturated rings. The van der Waals surface area contributed by atoms with Gasteiger partial charge in [0.15, 0.2) is 11.0 Å². The van der Waals surface area contributed by atoms with Crippen molar-refractivity contribution < 1.29 is 4.73 Å². The number of aromatic nitrogens is 3. The lowest BCUT2D eigenvalue weighted by atomic mass is 10.2. The third-order valence-electron chi connectivity index (χ3n) is 3.47. The van der Waals surface area contributed by atoms with Gasteiger partial charge in [-0.3, -0.25) is 4.98 Å². The topological polar surface area (TPSA) is 44.8 Å². The van der Waals surface area contributed by atoms with Gasteiger partial charge in [-0.05, 0) is 36.0 Å². The lowest BCUT2D eigenvalue weighted by Crippen LogP contribution is -2.26. The van der Waals surface area contributed by atoms with Gasteiger partial charge in [-0.25, -0.2) is 9.30 Å². The zero-order valence-corrected chi connectivity index (χ0v) is 11.9. The van der Waals surface area contributed by atoms with Crippen LogP contribution in [-0.4, -0.2) is 9.55 Å². The summed E-state index contributed by atoms with van der Waals surface area (Å²) in [6, 6.07) is 11.3. The van der Waals surface area contributed by atoms with Crippen LogP contribution in [0.4, 0.5) is 0 Å². The summed E-state index contributed by atoms with van der Waals surface area (Å²) >= 11 is 7.52. The summed E-state index contributed by atoms with van der Waals surface area (Å²) in [6.45, 7) is 0.754. The highest BCUT2D eigenvalue weighted by Gasteiger charge is 2.35. The van der Waals surface area contributed by atoms with Crippen molar-refractivity contribution in [2.45, 2.75) is 17.0 Å². The fraction of sp³-hybridized carbons (Fsp3) is 0.143. The summed E-state index contributed by atoms with van der Waals surface area (Å²) in [6.07, 6.45) is 1.78. The molecule has 0 aliphatic carbocycles. The molecule has 0 saturated heterocycles. The van der Waals surface area contributed by atoms with Gasteiger partial charge in [0.1, 0.15) is 6.54 Å². The molecule has 3 aromatic rings. The van der Waals surface area contributed by atoms with Crippen LogP contribution in [0.1, 0.15) is 10.9 Å². The van der Waals surface area contributed by atoms with Gasteiger partial charge < -0.3 is 5.21 Å². The maximum absolute atomic E-state index is 12.3. The lowest BCUT2D eigenvalue weighted by molar-refractivity contribution is -0.620. The highest BCUT2D eigenvalue weighted by Crippen LogP contribution is 2.42. The lowest BCUT2D eigenvalue weighted by Gasteiger charge is -2.06. The third kappa shape index (κ3) is 1.70. The number of halogens is 1. The second-order valence-electron chi connectivity index (χ2n) is 4.68. The highest BCUT2D eigenvalue weighted by molar-refractivity contribution is 7.99. The Morgan fingerprint density at radius 1 is 1.35 bits per heavy atom. The summed E-state index contributed by atoms with van der Waals surface area (Å²) in [5, 5.41) is 13.8. The number of rotatable bonds is 1. The average molecular weight is 304 g/mol. The van der Waals surface area contributed by atoms with E-state index in [1.807, 2.05) is 34.9 Å². The number of nitrogens with zero attached hydrogens (tertiary/aromatic N) is 3. The van der Waals surface area contributed by atoms with Crippen LogP contribution in [-0.2, 0) is 6.54 Å². The Balaban J connectivity index is 1.81. The quantitative estimate of drug-likeness (QED) is 0.512. The first-order chi connectivity index (χ1) is 9.74. The van der Waals surface area contributed by atoms with Gasteiger partial charge in [0.05, 0.1) is 10.9 Å². The second-order valence-corrected chi connectivity index (χ2v) is 6.29. The first kappa shape index (κ1) is 12.1. The van der Waals surface area contributed by atoms with Crippen molar-refractivity contribution in [1.82, 2.24) is 9.55 Å². The maximum Gasteiger partial charge on any atom is 0.322 e. The molecule has 4 rings (SSSR count). The zero-order chi connectivity index (χ0) is 13.7. The SMILES string of the molecule is [O-][n+]1c2n(c3ccc(Cl)cc31)CC(c1ccccn1)S2. The fourth-order valence-corrected chi connectivity index (χ4v) is 3.94. The predicted molar refractivity (Wildman–Crippen MR) is 78.7 cm³/mol. The predicted octanol–water partition coefficient (Wildman–Crippen LogP) is 3.17. The van der Waals surface area contributed by atoms with Gasteiger partial charge in [-0.2, -0.15) is 0 Å². The molecule has 0 amide bonds. The van der Waals surface area contributed by atoms with Crippen molar-refractivity contribution >= 4 is 34.4 Å². The standard InChI is InChI=1S/C14H10ClN3OS/c15-9-4-5-11-12(7-9)18(19)14-17(11)8-13(20-14)10-3-1-2-6-16-10/h1-7,13H,8H2. The zero-order valence-electron chi connectivity index (χ0n) is 10.4. The molecule has 1 aliphatic rings. The van der Waals surface area contributed by atoms with Crippen LogP contribution in [0.15, 0.2) is 47.8 Å². The van der Waals surface area contributed by atoms with E-state index in [1.54, 1.807) is 24.0 Å². The minimum absolute atomic E-state index is 0.187. The van der Waals surface area contributed by atoms with E-state index < -0.39 is 0 Å². The fourth-order valence-electron chi connectivity index (χ4n) is 2.54. The van der Waals surface area contributed by atoms with Gasteiger partial charge in [0, 0.05) is 17.3 Å². The minimum atomic E-state index is 0.187. The van der Waals surface area contributed by atoms with Crippen LogP contribution >= 0.6 is 23.4 Å². The molecule has 4 nitrogen and oxygen atoms in total. The summed E-state index contributed by atoms with van der Waals surface area (Å²) < 4.78 is 3.01. The van der Waals surface area contributed by atoms with Crippen LogP contribution < -0.4 is 4.73 Å². The molecule has 0 saturated carbocycles. The van der Waals surface area contributed by atoms with Crippen molar-refractivity contribution in [3.05, 3.63) is 58.5 Å². The van der Waals surface area contributed by atoms with Crippen molar-refractivity contribution in [2.24, 2.45) is 0 Å². The van der Waals surface area contributed by atoms with Crippen LogP contribution in [0.25, 0.3) is 11.0 Å². The smallest absolute Gasteiger partial charge is 0.322 e. The minimum Gasteiger partial charge on any atom is -0.710 e. The molecule has 1 unspecified atom stereocenters. The Morgan fingerprint density at radius 3 is 3.05 bits per heavy atom. The number of hydrogen-bond acceptors (Lipinski definition) is 3. The van der Waals surface area contributed by atoms with E-state index in [-0.39, 0.29) is 5.25 Å². The molecule has 20 heavy (non-hydrogen) atoms. The van der Waals surface area contributed by atoms with Gasteiger partial charge >= 0.3 is 5.16 Å². The number of benzene rings is 1. The summed E-state index contributed by atoms with van der Waals surface area (Å²) in [5.74, 6) is 0. The number of hydrogen-bond donors (Lipinski definition) is 0. The summed E-state index contributed by atoms with van der Waals surface area (Å²) in [4.78, 5) is 4.38. The first-order valence-corrected chi connectivity index (χ1v) is 7.49. The van der Waals surface area contributed by atoms with E-state index in [2.05, 4.69) is 4.98 Å². The van der Waals surface area contributed by atoms with E-state index in [4.69, 9.17) is 11.6 Å². The summed E-state index contributed by atoms with van der Waals surface area (Å²) in [7, 11) is 0. The molecule has 3 heterocycles. The molecule has 2 aromatic heterocycles. The molecule has 0 N–H and O–H groups in total. The molecule has 100 valence electrons. The molecule has 6 heteroatoms. The Hall–Kier alpha value is -1.72. The third-order valence-corrected chi connectivity index (χ3v) is 4.97. The number of pyridine rings is 1. The van der Waals surface area contributed by atoms with Crippen LogP contribution in [0, 0.1) is 5.21 Å². The van der Waals surface area contributed by atoms with E-state index in [1.165, 1.54) is 0 Å². The number of fused-ring (bicyclic) bond motifs is 3. The van der Waals surface area contributed by atoms with Crippen LogP contribution in [0.5, 0.6) is 0 Å². The normalized spacial score (nSPS) is 17.6. The number of thioether (sulfide) groups is 1. The van der Waals surface area contributed by atoms with Crippen molar-refractivity contribution in [1.29, 1.82) is 0 Å². The van der Waals surface area contributed by atoms with Crippen LogP contribution in [0.2, 0.25) is 5.02 Å². The summed E-state index contributed by atoms with van der Waals surface area (Å²) in [5.41, 5.74) is 2.55. The van der Waals surface area contributed by atoms with Crippen molar-refractivity contribution in [2.75, 3.05) is 0 Å². The van der Waals surface area contributed by atoms with E-state index in [9.17, 15) is 5.21 Å². The van der Waals surface area contributed by atoms with Crippen molar-refractivity contribution in [3.63, 3.8) is 0 Å². The van der Waals surface area contributed by atoms with Crippen molar-refractivity contribution in [3.8, 4) is 0 Å². The molecular weight excluding hydrogens is 294 g/mol. The molecular formula is C14H10ClN3OS. The molecule has 0 bridgehead atoms. The van der Waals surface area contributed by atoms with Crippen LogP contribution in [0.3, 0.4) is 0 Å². The molecule has 1 aliphatic heterocycles. The first-order valence-electron chi connectivity index (χ1n) is 6.23. The molecule has 0 spiro atoms. The molecule has 1 atom stereocenters. The maximum atomic E-state index is 12.3. The van der Waals surface area contributed by atoms with E-state index in [0.29, 0.717) is 15.7 Å². The largest absolute Gasteiger partial charge is 0.710 e. The Labute approximate surface area is 124 Å². The van der Waals surface area contributed by atoms with Gasteiger partial charge in [-0.15, -0.1) is 0 Å². The second kappa shape index (κ2) is 4.40. The van der Waals surface area contributed by atoms with E-state index in [0.717, 1.165) is 22.5 Å². The number of imidazole rings is 1. The highest BCUT2D eigenvalue weighted by atomic mass is 35.5. The Bertz CT molecular complexity index is 803. The van der Waals surface area contributed by atoms with Gasteiger partial charge in [0.2, 0.25) is 0 Å². The average Bonchev–Trinajstić information content (AvgIpc) is 3.01. The molecule has 0 radical (unpaired) electrons. The Morgan fingerprint density at radius 2 is 2.25 bits per heavy atom. The monoisotopic (exact) mass is 303 g/mol. The van der Waals surface area contributed by atoms with Gasteiger partial charge in [0.25, 0.3) is 0 Å². The van der Waals surface area contributed by atoms with E-state index >= 15 is 0 Å².